The Kier molecular flexibility index (Phi) is 5.42. The maximum Gasteiger partial charge on any atom is 0.147 e. The number of nitrogens with one attached hydrogen (secondary N) is 1. The Morgan fingerprint density at radius 2 is 2.16 bits per heavy atom. The Morgan fingerprint density at radius 1 is 1.32 bits per heavy atom. The van der Waals surface area contributed by atoms with Crippen molar-refractivity contribution < 1.29 is 4.39 Å². The van der Waals surface area contributed by atoms with E-state index in [-0.39, 0.29) is 5.82 Å². The molecule has 0 fully saturated rings. The van der Waals surface area contributed by atoms with Crippen LogP contribution in [0.1, 0.15) is 18.4 Å². The average molecular weight is 344 g/mol. The lowest BCUT2D eigenvalue weighted by Crippen LogP contribution is -2.14. The van der Waals surface area contributed by atoms with Gasteiger partial charge in [-0.1, -0.05) is 34.2 Å². The summed E-state index contributed by atoms with van der Waals surface area (Å²) in [5.41, 5.74) is 0.766. The van der Waals surface area contributed by atoms with Crippen LogP contribution >= 0.6 is 27.3 Å². The first-order valence-electron chi connectivity index (χ1n) is 6.18. The molecule has 0 atom stereocenters. The molecule has 0 aliphatic rings. The lowest BCUT2D eigenvalue weighted by Gasteiger charge is -1.98. The average Bonchev–Trinajstić information content (AvgIpc) is 2.82. The molecule has 102 valence electrons. The van der Waals surface area contributed by atoms with E-state index in [2.05, 4.69) is 38.4 Å². The fourth-order valence-corrected chi connectivity index (χ4v) is 3.02. The van der Waals surface area contributed by atoms with Gasteiger partial charge in [-0.05, 0) is 37.7 Å². The van der Waals surface area contributed by atoms with Gasteiger partial charge in [0.25, 0.3) is 0 Å². The third-order valence-electron chi connectivity index (χ3n) is 2.57. The van der Waals surface area contributed by atoms with E-state index in [1.54, 1.807) is 0 Å². The zero-order chi connectivity index (χ0) is 13.7. The molecule has 0 saturated heterocycles. The van der Waals surface area contributed by atoms with Crippen LogP contribution < -0.4 is 5.32 Å². The van der Waals surface area contributed by atoms with Crippen molar-refractivity contribution in [1.82, 2.24) is 15.5 Å². The Labute approximate surface area is 124 Å². The molecule has 0 spiro atoms. The molecule has 1 aromatic heterocycles. The molecule has 0 radical (unpaired) electrons. The molecule has 3 nitrogen and oxygen atoms in total. The van der Waals surface area contributed by atoms with Crippen LogP contribution in [0.25, 0.3) is 10.6 Å². The lowest BCUT2D eigenvalue weighted by atomic mass is 10.2. The van der Waals surface area contributed by atoms with E-state index >= 15 is 0 Å². The summed E-state index contributed by atoms with van der Waals surface area (Å²) in [6, 6.07) is 4.77. The summed E-state index contributed by atoms with van der Waals surface area (Å²) in [5.74, 6) is -0.270. The fraction of sp³-hybridized carbons (Fsp3) is 0.385. The number of aromatic nitrogens is 2. The molecule has 0 unspecified atom stereocenters. The number of hydrogen-bond donors (Lipinski definition) is 1. The normalized spacial score (nSPS) is 10.9. The zero-order valence-corrected chi connectivity index (χ0v) is 13.0. The predicted molar refractivity (Wildman–Crippen MR) is 79.9 cm³/mol. The summed E-state index contributed by atoms with van der Waals surface area (Å²) >= 11 is 4.81. The summed E-state index contributed by atoms with van der Waals surface area (Å²) < 4.78 is 14.0. The Bertz CT molecular complexity index is 524. The van der Waals surface area contributed by atoms with Crippen LogP contribution in [0.3, 0.4) is 0 Å². The van der Waals surface area contributed by atoms with Crippen LogP contribution in [0, 0.1) is 5.82 Å². The highest BCUT2D eigenvalue weighted by Gasteiger charge is 2.08. The van der Waals surface area contributed by atoms with Gasteiger partial charge in [0.05, 0.1) is 0 Å². The van der Waals surface area contributed by atoms with Gasteiger partial charge in [-0.25, -0.2) is 4.39 Å². The van der Waals surface area contributed by atoms with Gasteiger partial charge in [-0.15, -0.1) is 10.2 Å². The molecule has 0 aliphatic heterocycles. The predicted octanol–water partition coefficient (Wildman–Crippen LogP) is 3.65. The van der Waals surface area contributed by atoms with Crippen molar-refractivity contribution in [2.45, 2.75) is 19.8 Å². The minimum absolute atomic E-state index is 0.270. The molecule has 0 amide bonds. The minimum atomic E-state index is -0.270. The molecule has 0 bridgehead atoms. The summed E-state index contributed by atoms with van der Waals surface area (Å²) in [4.78, 5) is 0. The van der Waals surface area contributed by atoms with Gasteiger partial charge in [0.2, 0.25) is 0 Å². The highest BCUT2D eigenvalue weighted by Crippen LogP contribution is 2.27. The maximum absolute atomic E-state index is 13.3. The van der Waals surface area contributed by atoms with E-state index in [0.29, 0.717) is 4.47 Å². The quantitative estimate of drug-likeness (QED) is 0.813. The van der Waals surface area contributed by atoms with Gasteiger partial charge in [-0.3, -0.25) is 0 Å². The Balaban J connectivity index is 2.03. The number of halogens is 2. The van der Waals surface area contributed by atoms with Crippen molar-refractivity contribution in [1.29, 1.82) is 0 Å². The molecule has 1 N–H and O–H groups in total. The minimum Gasteiger partial charge on any atom is -0.317 e. The van der Waals surface area contributed by atoms with E-state index in [1.807, 2.05) is 6.07 Å². The molecule has 1 aromatic carbocycles. The molecule has 19 heavy (non-hydrogen) atoms. The second-order valence-corrected chi connectivity index (χ2v) is 6.09. The van der Waals surface area contributed by atoms with Gasteiger partial charge in [-0.2, -0.15) is 0 Å². The van der Waals surface area contributed by atoms with Gasteiger partial charge in [0.15, 0.2) is 0 Å². The van der Waals surface area contributed by atoms with Crippen LogP contribution in [-0.2, 0) is 6.42 Å². The molecular weight excluding hydrogens is 329 g/mol. The smallest absolute Gasteiger partial charge is 0.147 e. The van der Waals surface area contributed by atoms with E-state index < -0.39 is 0 Å². The standard InChI is InChI=1S/C13H15BrFN3S/c1-2-16-5-3-4-12-17-18-13(19-12)9-6-10(14)8-11(15)7-9/h6-8,16H,2-5H2,1H3. The van der Waals surface area contributed by atoms with Gasteiger partial charge < -0.3 is 5.32 Å². The van der Waals surface area contributed by atoms with Crippen molar-refractivity contribution in [3.63, 3.8) is 0 Å². The molecule has 0 saturated carbocycles. The highest BCUT2D eigenvalue weighted by atomic mass is 79.9. The molecule has 0 aliphatic carbocycles. The topological polar surface area (TPSA) is 37.8 Å². The molecule has 1 heterocycles. The monoisotopic (exact) mass is 343 g/mol. The Morgan fingerprint density at radius 3 is 2.89 bits per heavy atom. The molecular formula is C13H15BrFN3S. The van der Waals surface area contributed by atoms with E-state index in [0.717, 1.165) is 41.5 Å². The number of rotatable bonds is 6. The van der Waals surface area contributed by atoms with Crippen molar-refractivity contribution >= 4 is 27.3 Å². The SMILES string of the molecule is CCNCCCc1nnc(-c2cc(F)cc(Br)c2)s1. The summed E-state index contributed by atoms with van der Waals surface area (Å²) in [7, 11) is 0. The highest BCUT2D eigenvalue weighted by molar-refractivity contribution is 9.10. The molecule has 2 aromatic rings. The van der Waals surface area contributed by atoms with Crippen LogP contribution in [0.5, 0.6) is 0 Å². The third kappa shape index (κ3) is 4.33. The van der Waals surface area contributed by atoms with Crippen molar-refractivity contribution in [3.05, 3.63) is 33.5 Å². The fourth-order valence-electron chi connectivity index (χ4n) is 1.69. The second-order valence-electron chi connectivity index (χ2n) is 4.12. The molecule has 2 rings (SSSR count). The number of benzene rings is 1. The van der Waals surface area contributed by atoms with Crippen LogP contribution in [0.4, 0.5) is 4.39 Å². The lowest BCUT2D eigenvalue weighted by molar-refractivity contribution is 0.627. The van der Waals surface area contributed by atoms with Crippen molar-refractivity contribution in [2.75, 3.05) is 13.1 Å². The van der Waals surface area contributed by atoms with E-state index in [1.165, 1.54) is 23.5 Å². The van der Waals surface area contributed by atoms with Crippen LogP contribution in [-0.4, -0.2) is 23.3 Å². The number of hydrogen-bond acceptors (Lipinski definition) is 4. The van der Waals surface area contributed by atoms with Crippen LogP contribution in [0.15, 0.2) is 22.7 Å². The largest absolute Gasteiger partial charge is 0.317 e. The second kappa shape index (κ2) is 7.07. The van der Waals surface area contributed by atoms with Gasteiger partial charge >= 0.3 is 0 Å². The number of aryl methyl sites for hydroxylation is 1. The number of nitrogens with zero attached hydrogens (tertiary/aromatic N) is 2. The summed E-state index contributed by atoms with van der Waals surface area (Å²) in [6.45, 7) is 4.06. The first kappa shape index (κ1) is 14.6. The van der Waals surface area contributed by atoms with Gasteiger partial charge in [0, 0.05) is 16.5 Å². The van der Waals surface area contributed by atoms with Crippen LogP contribution in [0.2, 0.25) is 0 Å². The first-order chi connectivity index (χ1) is 9.19. The summed E-state index contributed by atoms with van der Waals surface area (Å²) in [6.07, 6.45) is 1.94. The van der Waals surface area contributed by atoms with Crippen molar-refractivity contribution in [2.24, 2.45) is 0 Å². The summed E-state index contributed by atoms with van der Waals surface area (Å²) in [5, 5.41) is 13.3. The zero-order valence-electron chi connectivity index (χ0n) is 10.6. The maximum atomic E-state index is 13.3. The van der Waals surface area contributed by atoms with Gasteiger partial charge in [0.1, 0.15) is 15.8 Å². The van der Waals surface area contributed by atoms with E-state index in [9.17, 15) is 4.39 Å². The Hall–Kier alpha value is -0.850. The molecule has 6 heteroatoms. The van der Waals surface area contributed by atoms with Crippen molar-refractivity contribution in [3.8, 4) is 10.6 Å². The van der Waals surface area contributed by atoms with E-state index in [4.69, 9.17) is 0 Å². The first-order valence-corrected chi connectivity index (χ1v) is 7.79. The third-order valence-corrected chi connectivity index (χ3v) is 4.06.